The van der Waals surface area contributed by atoms with Gasteiger partial charge in [0.25, 0.3) is 5.91 Å². The van der Waals surface area contributed by atoms with Crippen LogP contribution in [0, 0.1) is 0 Å². The summed E-state index contributed by atoms with van der Waals surface area (Å²) in [7, 11) is 0. The van der Waals surface area contributed by atoms with E-state index < -0.39 is 12.3 Å². The number of halogens is 3. The van der Waals surface area contributed by atoms with Crippen molar-refractivity contribution >= 4 is 34.0 Å². The molecule has 0 radical (unpaired) electrons. The minimum absolute atomic E-state index is 0.106. The smallest absolute Gasteiger partial charge is 0.454 e. The van der Waals surface area contributed by atoms with Gasteiger partial charge in [-0.1, -0.05) is 0 Å². The lowest BCUT2D eigenvalue weighted by Crippen LogP contribution is -2.24. The van der Waals surface area contributed by atoms with Crippen molar-refractivity contribution in [2.45, 2.75) is 31.5 Å². The van der Waals surface area contributed by atoms with Crippen molar-refractivity contribution in [1.82, 2.24) is 4.98 Å². The van der Waals surface area contributed by atoms with E-state index in [2.05, 4.69) is 20.4 Å². The highest BCUT2D eigenvalue weighted by molar-refractivity contribution is 7.16. The number of thiazole rings is 1. The Morgan fingerprint density at radius 3 is 2.60 bits per heavy atom. The fourth-order valence-electron chi connectivity index (χ4n) is 3.90. The molecule has 2 amide bonds. The second kappa shape index (κ2) is 9.10. The Morgan fingerprint density at radius 1 is 1.06 bits per heavy atom. The Hall–Kier alpha value is -3.80. The number of ether oxygens (including phenoxy) is 3. The van der Waals surface area contributed by atoms with Crippen LogP contribution in [0.15, 0.2) is 42.5 Å². The maximum atomic E-state index is 12.9. The zero-order valence-electron chi connectivity index (χ0n) is 18.0. The topological polar surface area (TPSA) is 98.8 Å². The summed E-state index contributed by atoms with van der Waals surface area (Å²) in [5, 5.41) is 5.87. The van der Waals surface area contributed by atoms with Crippen LogP contribution in [0.2, 0.25) is 0 Å². The van der Waals surface area contributed by atoms with E-state index in [4.69, 9.17) is 9.47 Å². The highest BCUT2D eigenvalue weighted by Crippen LogP contribution is 2.38. The summed E-state index contributed by atoms with van der Waals surface area (Å²) in [4.78, 5) is 31.1. The molecule has 2 aliphatic rings. The lowest BCUT2D eigenvalue weighted by atomic mass is 9.90. The fourth-order valence-corrected chi connectivity index (χ4v) is 4.96. The van der Waals surface area contributed by atoms with Crippen LogP contribution in [0.1, 0.15) is 39.7 Å². The SMILES string of the molecule is O=C(Nc1nc2c(s1)CCCC2C(=O)Nc1ccc(OC(F)(F)F)cc1)c1ccc2c(c1)OCO2. The number of anilines is 2. The molecule has 182 valence electrons. The number of nitrogens with one attached hydrogen (secondary N) is 2. The molecule has 2 heterocycles. The van der Waals surface area contributed by atoms with E-state index in [0.717, 1.165) is 29.9 Å². The standard InChI is InChI=1S/C23H18F3N3O5S/c24-23(25,26)34-14-7-5-13(6-8-14)27-21(31)15-2-1-3-18-19(15)28-22(35-18)29-20(30)12-4-9-16-17(10-12)33-11-32-16/h4-10,15H,1-3,11H2,(H,27,31)(H,28,29,30). The van der Waals surface area contributed by atoms with Crippen LogP contribution in [0.4, 0.5) is 24.0 Å². The summed E-state index contributed by atoms with van der Waals surface area (Å²) in [6, 6.07) is 9.79. The quantitative estimate of drug-likeness (QED) is 0.502. The number of aromatic nitrogens is 1. The molecule has 1 aromatic heterocycles. The monoisotopic (exact) mass is 505 g/mol. The number of amides is 2. The summed E-state index contributed by atoms with van der Waals surface area (Å²) in [5.74, 6) is -0.547. The molecule has 0 fully saturated rings. The van der Waals surface area contributed by atoms with Gasteiger partial charge in [0, 0.05) is 16.1 Å². The molecular formula is C23H18F3N3O5S. The van der Waals surface area contributed by atoms with Crippen LogP contribution in [-0.4, -0.2) is 30.0 Å². The number of rotatable bonds is 5. The van der Waals surface area contributed by atoms with E-state index in [1.807, 2.05) is 0 Å². The van der Waals surface area contributed by atoms with E-state index >= 15 is 0 Å². The first-order valence-corrected chi connectivity index (χ1v) is 11.4. The summed E-state index contributed by atoms with van der Waals surface area (Å²) >= 11 is 1.32. The van der Waals surface area contributed by atoms with Crippen LogP contribution in [0.3, 0.4) is 0 Å². The van der Waals surface area contributed by atoms with E-state index in [-0.39, 0.29) is 24.4 Å². The second-order valence-electron chi connectivity index (χ2n) is 7.86. The maximum absolute atomic E-state index is 12.9. The van der Waals surface area contributed by atoms with Gasteiger partial charge in [-0.25, -0.2) is 4.98 Å². The summed E-state index contributed by atoms with van der Waals surface area (Å²) in [5.41, 5.74) is 1.31. The Labute approximate surface area is 201 Å². The number of hydrogen-bond donors (Lipinski definition) is 2. The molecule has 5 rings (SSSR count). The fraction of sp³-hybridized carbons (Fsp3) is 0.261. The van der Waals surface area contributed by atoms with E-state index in [1.54, 1.807) is 18.2 Å². The molecule has 0 saturated heterocycles. The molecule has 1 aliphatic carbocycles. The molecule has 12 heteroatoms. The molecule has 1 atom stereocenters. The van der Waals surface area contributed by atoms with Gasteiger partial charge in [0.05, 0.1) is 11.6 Å². The number of benzene rings is 2. The van der Waals surface area contributed by atoms with Gasteiger partial charge in [0.1, 0.15) is 5.75 Å². The largest absolute Gasteiger partial charge is 0.573 e. The van der Waals surface area contributed by atoms with Crippen molar-refractivity contribution in [3.05, 3.63) is 58.6 Å². The molecule has 0 bridgehead atoms. The molecule has 1 aliphatic heterocycles. The lowest BCUT2D eigenvalue weighted by molar-refractivity contribution is -0.274. The number of carbonyl (C=O) groups excluding carboxylic acids is 2. The van der Waals surface area contributed by atoms with Gasteiger partial charge < -0.3 is 19.5 Å². The Morgan fingerprint density at radius 2 is 1.83 bits per heavy atom. The van der Waals surface area contributed by atoms with Crippen molar-refractivity contribution in [2.75, 3.05) is 17.4 Å². The maximum Gasteiger partial charge on any atom is 0.573 e. The molecule has 35 heavy (non-hydrogen) atoms. The van der Waals surface area contributed by atoms with Crippen molar-refractivity contribution in [3.63, 3.8) is 0 Å². The minimum Gasteiger partial charge on any atom is -0.454 e. The minimum atomic E-state index is -4.79. The van der Waals surface area contributed by atoms with Gasteiger partial charge in [0.15, 0.2) is 16.6 Å². The number of aryl methyl sites for hydroxylation is 1. The van der Waals surface area contributed by atoms with E-state index in [9.17, 15) is 22.8 Å². The van der Waals surface area contributed by atoms with E-state index in [0.29, 0.717) is 40.0 Å². The van der Waals surface area contributed by atoms with Gasteiger partial charge in [0.2, 0.25) is 12.7 Å². The molecule has 2 aromatic carbocycles. The molecule has 0 spiro atoms. The Bertz CT molecular complexity index is 1280. The Kier molecular flexibility index (Phi) is 5.97. The van der Waals surface area contributed by atoms with Gasteiger partial charge in [-0.2, -0.15) is 0 Å². The average Bonchev–Trinajstić information content (AvgIpc) is 3.44. The molecule has 8 nitrogen and oxygen atoms in total. The van der Waals surface area contributed by atoms with Gasteiger partial charge in [-0.05, 0) is 61.7 Å². The number of fused-ring (bicyclic) bond motifs is 2. The number of alkyl halides is 3. The first kappa shape index (κ1) is 23.0. The third-order valence-corrected chi connectivity index (χ3v) is 6.53. The van der Waals surface area contributed by atoms with Crippen LogP contribution < -0.4 is 24.8 Å². The summed E-state index contributed by atoms with van der Waals surface area (Å²) < 4.78 is 51.4. The first-order chi connectivity index (χ1) is 16.7. The molecule has 2 N–H and O–H groups in total. The summed E-state index contributed by atoms with van der Waals surface area (Å²) in [6.45, 7) is 0.106. The van der Waals surface area contributed by atoms with Crippen molar-refractivity contribution in [1.29, 1.82) is 0 Å². The predicted octanol–water partition coefficient (Wildman–Crippen LogP) is 5.08. The normalized spacial score (nSPS) is 16.4. The number of hydrogen-bond acceptors (Lipinski definition) is 7. The zero-order valence-corrected chi connectivity index (χ0v) is 18.8. The van der Waals surface area contributed by atoms with Crippen LogP contribution >= 0.6 is 11.3 Å². The van der Waals surface area contributed by atoms with Crippen molar-refractivity contribution in [2.24, 2.45) is 0 Å². The molecular weight excluding hydrogens is 487 g/mol. The lowest BCUT2D eigenvalue weighted by Gasteiger charge is -2.20. The van der Waals surface area contributed by atoms with Crippen molar-refractivity contribution < 1.29 is 37.0 Å². The molecule has 3 aromatic rings. The van der Waals surface area contributed by atoms with E-state index in [1.165, 1.54) is 23.5 Å². The number of carbonyl (C=O) groups is 2. The predicted molar refractivity (Wildman–Crippen MR) is 120 cm³/mol. The number of nitrogens with zero attached hydrogens (tertiary/aromatic N) is 1. The average molecular weight is 505 g/mol. The Balaban J connectivity index is 1.26. The molecule has 0 saturated carbocycles. The highest BCUT2D eigenvalue weighted by atomic mass is 32.1. The first-order valence-electron chi connectivity index (χ1n) is 10.6. The highest BCUT2D eigenvalue weighted by Gasteiger charge is 2.32. The molecule has 1 unspecified atom stereocenters. The summed E-state index contributed by atoms with van der Waals surface area (Å²) in [6.07, 6.45) is -2.72. The zero-order chi connectivity index (χ0) is 24.6. The second-order valence-corrected chi connectivity index (χ2v) is 8.94. The van der Waals surface area contributed by atoms with Crippen LogP contribution in [-0.2, 0) is 11.2 Å². The van der Waals surface area contributed by atoms with Crippen molar-refractivity contribution in [3.8, 4) is 17.2 Å². The van der Waals surface area contributed by atoms with Gasteiger partial charge >= 0.3 is 6.36 Å². The van der Waals surface area contributed by atoms with Crippen LogP contribution in [0.5, 0.6) is 17.2 Å². The third kappa shape index (κ3) is 5.16. The van der Waals surface area contributed by atoms with Crippen LogP contribution in [0.25, 0.3) is 0 Å². The van der Waals surface area contributed by atoms with Gasteiger partial charge in [-0.15, -0.1) is 24.5 Å². The van der Waals surface area contributed by atoms with Gasteiger partial charge in [-0.3, -0.25) is 14.9 Å². The third-order valence-electron chi connectivity index (χ3n) is 5.48.